The average molecular weight is 316 g/mol. The Morgan fingerprint density at radius 1 is 1.35 bits per heavy atom. The summed E-state index contributed by atoms with van der Waals surface area (Å²) in [7, 11) is 1.90. The summed E-state index contributed by atoms with van der Waals surface area (Å²) < 4.78 is 7.09. The molecule has 0 N–H and O–H groups in total. The van der Waals surface area contributed by atoms with E-state index in [1.54, 1.807) is 10.7 Å². The van der Waals surface area contributed by atoms with E-state index in [0.29, 0.717) is 5.69 Å². The van der Waals surface area contributed by atoms with Gasteiger partial charge in [-0.25, -0.2) is 0 Å². The van der Waals surface area contributed by atoms with Crippen molar-refractivity contribution in [3.8, 4) is 0 Å². The van der Waals surface area contributed by atoms with Crippen LogP contribution in [0.5, 0.6) is 0 Å². The molecule has 6 heteroatoms. The van der Waals surface area contributed by atoms with Gasteiger partial charge in [-0.15, -0.1) is 0 Å². The maximum absolute atomic E-state index is 13.0. The zero-order valence-electron chi connectivity index (χ0n) is 14.0. The second-order valence-electron chi connectivity index (χ2n) is 6.58. The lowest BCUT2D eigenvalue weighted by molar-refractivity contribution is 0.0670. The van der Waals surface area contributed by atoms with E-state index in [-0.39, 0.29) is 17.9 Å². The van der Waals surface area contributed by atoms with Crippen LogP contribution in [0.1, 0.15) is 73.3 Å². The van der Waals surface area contributed by atoms with Gasteiger partial charge < -0.3 is 9.42 Å². The summed E-state index contributed by atoms with van der Waals surface area (Å²) in [4.78, 5) is 14.9. The van der Waals surface area contributed by atoms with Crippen LogP contribution in [0.2, 0.25) is 0 Å². The van der Waals surface area contributed by atoms with E-state index in [4.69, 9.17) is 4.52 Å². The van der Waals surface area contributed by atoms with E-state index in [0.717, 1.165) is 43.6 Å². The van der Waals surface area contributed by atoms with Crippen LogP contribution in [0.4, 0.5) is 0 Å². The molecule has 0 unspecified atom stereocenters. The molecular weight excluding hydrogens is 292 g/mol. The Morgan fingerprint density at radius 3 is 2.83 bits per heavy atom. The molecule has 1 atom stereocenters. The number of carbonyl (C=O) groups excluding carboxylic acids is 1. The van der Waals surface area contributed by atoms with Gasteiger partial charge in [0.25, 0.3) is 5.91 Å². The average Bonchev–Trinajstić information content (AvgIpc) is 3.10. The molecule has 0 radical (unpaired) electrons. The minimum absolute atomic E-state index is 0.0450. The first-order valence-corrected chi connectivity index (χ1v) is 8.32. The molecule has 124 valence electrons. The molecule has 1 amide bonds. The Morgan fingerprint density at radius 2 is 2.17 bits per heavy atom. The molecule has 2 aromatic rings. The van der Waals surface area contributed by atoms with Gasteiger partial charge in [-0.3, -0.25) is 9.48 Å². The predicted molar refractivity (Wildman–Crippen MR) is 86.0 cm³/mol. The summed E-state index contributed by atoms with van der Waals surface area (Å²) in [6.45, 7) is 4.81. The van der Waals surface area contributed by atoms with E-state index in [9.17, 15) is 4.79 Å². The number of aryl methyl sites for hydroxylation is 1. The SMILES string of the molecule is CC(C)c1cc(C(=O)N2CCCCC[C@@H]2c2cnn(C)c2)no1. The maximum atomic E-state index is 13.0. The smallest absolute Gasteiger partial charge is 0.276 e. The molecule has 0 aromatic carbocycles. The Hall–Kier alpha value is -2.11. The van der Waals surface area contributed by atoms with Crippen molar-refractivity contribution < 1.29 is 9.32 Å². The lowest BCUT2D eigenvalue weighted by Gasteiger charge is -2.28. The van der Waals surface area contributed by atoms with Gasteiger partial charge in [0.05, 0.1) is 12.2 Å². The molecule has 23 heavy (non-hydrogen) atoms. The normalized spacial score (nSPS) is 19.1. The summed E-state index contributed by atoms with van der Waals surface area (Å²) in [5, 5.41) is 8.25. The second kappa shape index (κ2) is 6.56. The minimum atomic E-state index is -0.0450. The van der Waals surface area contributed by atoms with Crippen LogP contribution >= 0.6 is 0 Å². The van der Waals surface area contributed by atoms with Gasteiger partial charge in [0.1, 0.15) is 5.76 Å². The van der Waals surface area contributed by atoms with Crippen LogP contribution in [0.15, 0.2) is 23.0 Å². The quantitative estimate of drug-likeness (QED) is 0.871. The van der Waals surface area contributed by atoms with Crippen LogP contribution in [0, 0.1) is 0 Å². The third-order valence-corrected chi connectivity index (χ3v) is 4.44. The summed E-state index contributed by atoms with van der Waals surface area (Å²) in [6.07, 6.45) is 8.12. The number of likely N-dealkylation sites (tertiary alicyclic amines) is 1. The summed E-state index contributed by atoms with van der Waals surface area (Å²) in [6, 6.07) is 1.84. The molecule has 0 aliphatic carbocycles. The van der Waals surface area contributed by atoms with Gasteiger partial charge in [-0.2, -0.15) is 5.10 Å². The summed E-state index contributed by atoms with van der Waals surface area (Å²) in [5.41, 5.74) is 1.50. The van der Waals surface area contributed by atoms with Gasteiger partial charge in [-0.05, 0) is 12.8 Å². The molecule has 6 nitrogen and oxygen atoms in total. The van der Waals surface area contributed by atoms with E-state index >= 15 is 0 Å². The molecule has 0 saturated carbocycles. The third-order valence-electron chi connectivity index (χ3n) is 4.44. The molecule has 1 fully saturated rings. The fourth-order valence-corrected chi connectivity index (χ4v) is 3.12. The molecule has 0 spiro atoms. The van der Waals surface area contributed by atoms with Crippen molar-refractivity contribution in [2.75, 3.05) is 6.54 Å². The van der Waals surface area contributed by atoms with Crippen molar-refractivity contribution in [1.29, 1.82) is 0 Å². The van der Waals surface area contributed by atoms with Crippen molar-refractivity contribution in [2.45, 2.75) is 51.5 Å². The van der Waals surface area contributed by atoms with E-state index in [2.05, 4.69) is 10.3 Å². The Kier molecular flexibility index (Phi) is 4.50. The first-order valence-electron chi connectivity index (χ1n) is 8.32. The van der Waals surface area contributed by atoms with Crippen molar-refractivity contribution in [1.82, 2.24) is 19.8 Å². The fourth-order valence-electron chi connectivity index (χ4n) is 3.12. The number of carbonyl (C=O) groups is 1. The molecular formula is C17H24N4O2. The summed E-state index contributed by atoms with van der Waals surface area (Å²) >= 11 is 0. The van der Waals surface area contributed by atoms with Gasteiger partial charge in [0, 0.05) is 37.3 Å². The van der Waals surface area contributed by atoms with Crippen LogP contribution in [-0.4, -0.2) is 32.3 Å². The molecule has 2 aromatic heterocycles. The first-order chi connectivity index (χ1) is 11.1. The Labute approximate surface area is 136 Å². The van der Waals surface area contributed by atoms with E-state index < -0.39 is 0 Å². The van der Waals surface area contributed by atoms with Crippen LogP contribution in [-0.2, 0) is 7.05 Å². The van der Waals surface area contributed by atoms with Gasteiger partial charge >= 0.3 is 0 Å². The monoisotopic (exact) mass is 316 g/mol. The number of nitrogens with zero attached hydrogens (tertiary/aromatic N) is 4. The largest absolute Gasteiger partial charge is 0.360 e. The van der Waals surface area contributed by atoms with Crippen LogP contribution in [0.25, 0.3) is 0 Å². The van der Waals surface area contributed by atoms with Crippen LogP contribution in [0.3, 0.4) is 0 Å². The fraction of sp³-hybridized carbons (Fsp3) is 0.588. The van der Waals surface area contributed by atoms with E-state index in [1.165, 1.54) is 0 Å². The summed E-state index contributed by atoms with van der Waals surface area (Å²) in [5.74, 6) is 0.930. The number of hydrogen-bond donors (Lipinski definition) is 0. The van der Waals surface area contributed by atoms with Crippen molar-refractivity contribution in [3.63, 3.8) is 0 Å². The van der Waals surface area contributed by atoms with Crippen molar-refractivity contribution in [2.24, 2.45) is 7.05 Å². The zero-order chi connectivity index (χ0) is 16.4. The lowest BCUT2D eigenvalue weighted by Crippen LogP contribution is -2.34. The van der Waals surface area contributed by atoms with Crippen LogP contribution < -0.4 is 0 Å². The highest BCUT2D eigenvalue weighted by molar-refractivity contribution is 5.92. The molecule has 3 rings (SSSR count). The molecule has 1 aliphatic rings. The Bertz CT molecular complexity index is 674. The highest BCUT2D eigenvalue weighted by Crippen LogP contribution is 2.31. The maximum Gasteiger partial charge on any atom is 0.276 e. The number of rotatable bonds is 3. The Balaban J connectivity index is 1.87. The molecule has 0 bridgehead atoms. The van der Waals surface area contributed by atoms with Gasteiger partial charge in [0.2, 0.25) is 0 Å². The predicted octanol–water partition coefficient (Wildman–Crippen LogP) is 3.29. The van der Waals surface area contributed by atoms with Crippen molar-refractivity contribution >= 4 is 5.91 Å². The van der Waals surface area contributed by atoms with Gasteiger partial charge in [0.15, 0.2) is 5.69 Å². The highest BCUT2D eigenvalue weighted by atomic mass is 16.5. The number of aromatic nitrogens is 3. The molecule has 1 saturated heterocycles. The third kappa shape index (κ3) is 3.30. The highest BCUT2D eigenvalue weighted by Gasteiger charge is 2.30. The van der Waals surface area contributed by atoms with E-state index in [1.807, 2.05) is 38.2 Å². The second-order valence-corrected chi connectivity index (χ2v) is 6.58. The lowest BCUT2D eigenvalue weighted by atomic mass is 10.0. The topological polar surface area (TPSA) is 64.2 Å². The zero-order valence-corrected chi connectivity index (χ0v) is 14.0. The van der Waals surface area contributed by atoms with Gasteiger partial charge in [-0.1, -0.05) is 31.8 Å². The minimum Gasteiger partial charge on any atom is -0.360 e. The standard InChI is InChI=1S/C17H24N4O2/c1-12(2)16-9-14(19-23-16)17(22)21-8-6-4-5-7-15(21)13-10-18-20(3)11-13/h9-12,15H,4-8H2,1-3H3/t15-/m1/s1. The first kappa shape index (κ1) is 15.8. The number of hydrogen-bond acceptors (Lipinski definition) is 4. The molecule has 3 heterocycles. The van der Waals surface area contributed by atoms with Crippen molar-refractivity contribution in [3.05, 3.63) is 35.5 Å². The number of amides is 1. The molecule has 1 aliphatic heterocycles.